The summed E-state index contributed by atoms with van der Waals surface area (Å²) in [6.07, 6.45) is 3.84. The Morgan fingerprint density at radius 1 is 1.36 bits per heavy atom. The van der Waals surface area contributed by atoms with Crippen LogP contribution < -0.4 is 0 Å². The van der Waals surface area contributed by atoms with E-state index in [0.717, 1.165) is 18.4 Å². The molecule has 1 aromatic carbocycles. The molecular formula is C12H15FO. The Morgan fingerprint density at radius 2 is 2.00 bits per heavy atom. The van der Waals surface area contributed by atoms with Gasteiger partial charge in [0.05, 0.1) is 6.10 Å². The molecule has 0 aliphatic heterocycles. The van der Waals surface area contributed by atoms with Crippen LogP contribution in [0.5, 0.6) is 0 Å². The summed E-state index contributed by atoms with van der Waals surface area (Å²) in [6.45, 7) is 3.61. The van der Waals surface area contributed by atoms with Gasteiger partial charge in [0.15, 0.2) is 0 Å². The lowest BCUT2D eigenvalue weighted by molar-refractivity contribution is 0.165. The molecule has 1 nitrogen and oxygen atoms in total. The van der Waals surface area contributed by atoms with E-state index in [0.29, 0.717) is 6.42 Å². The number of halogens is 1. The third kappa shape index (κ3) is 3.30. The smallest absolute Gasteiger partial charge is 0.123 e. The van der Waals surface area contributed by atoms with Crippen LogP contribution in [-0.4, -0.2) is 5.11 Å². The first-order valence-corrected chi connectivity index (χ1v) is 4.78. The molecule has 0 fully saturated rings. The van der Waals surface area contributed by atoms with Crippen LogP contribution in [0.25, 0.3) is 0 Å². The van der Waals surface area contributed by atoms with Crippen molar-refractivity contribution in [3.8, 4) is 0 Å². The number of aliphatic hydroxyl groups excluding tert-OH is 1. The molecule has 0 heterocycles. The van der Waals surface area contributed by atoms with Crippen molar-refractivity contribution in [3.63, 3.8) is 0 Å². The van der Waals surface area contributed by atoms with Gasteiger partial charge in [0.1, 0.15) is 5.82 Å². The van der Waals surface area contributed by atoms with Crippen LogP contribution in [0.4, 0.5) is 4.39 Å². The van der Waals surface area contributed by atoms with E-state index in [9.17, 15) is 9.50 Å². The molecular weight excluding hydrogens is 179 g/mol. The predicted molar refractivity (Wildman–Crippen MR) is 55.4 cm³/mol. The maximum Gasteiger partial charge on any atom is 0.123 e. The van der Waals surface area contributed by atoms with Gasteiger partial charge >= 0.3 is 0 Å². The summed E-state index contributed by atoms with van der Waals surface area (Å²) in [5, 5.41) is 9.68. The minimum Gasteiger partial charge on any atom is -0.388 e. The van der Waals surface area contributed by atoms with Crippen LogP contribution in [0.1, 0.15) is 30.9 Å². The van der Waals surface area contributed by atoms with E-state index in [1.807, 2.05) is 6.08 Å². The molecule has 0 spiro atoms. The highest BCUT2D eigenvalue weighted by Crippen LogP contribution is 2.19. The summed E-state index contributed by atoms with van der Waals surface area (Å²) < 4.78 is 12.6. The van der Waals surface area contributed by atoms with Crippen molar-refractivity contribution in [3.05, 3.63) is 48.3 Å². The van der Waals surface area contributed by atoms with Gasteiger partial charge in [0, 0.05) is 0 Å². The molecule has 0 aliphatic carbocycles. The lowest BCUT2D eigenvalue weighted by atomic mass is 10.0. The number of benzene rings is 1. The Kier molecular flexibility index (Phi) is 4.33. The van der Waals surface area contributed by atoms with Crippen molar-refractivity contribution in [2.45, 2.75) is 25.4 Å². The van der Waals surface area contributed by atoms with Crippen LogP contribution in [-0.2, 0) is 0 Å². The average molecular weight is 194 g/mol. The molecule has 0 aromatic heterocycles. The van der Waals surface area contributed by atoms with Gasteiger partial charge in [-0.15, -0.1) is 6.58 Å². The quantitative estimate of drug-likeness (QED) is 0.563. The first kappa shape index (κ1) is 10.9. The maximum atomic E-state index is 12.6. The Balaban J connectivity index is 2.47. The highest BCUT2D eigenvalue weighted by Gasteiger charge is 2.06. The van der Waals surface area contributed by atoms with Crippen molar-refractivity contribution in [2.75, 3.05) is 0 Å². The Hall–Kier alpha value is -1.15. The van der Waals surface area contributed by atoms with Crippen LogP contribution in [0.2, 0.25) is 0 Å². The molecule has 0 bridgehead atoms. The Morgan fingerprint density at radius 3 is 2.57 bits per heavy atom. The maximum absolute atomic E-state index is 12.6. The van der Waals surface area contributed by atoms with Crippen molar-refractivity contribution < 1.29 is 9.50 Å². The SMILES string of the molecule is C=CCCC[C@@H](O)c1ccc(F)cc1. The van der Waals surface area contributed by atoms with Gasteiger partial charge in [-0.1, -0.05) is 18.2 Å². The van der Waals surface area contributed by atoms with E-state index < -0.39 is 6.10 Å². The molecule has 2 heteroatoms. The minimum atomic E-state index is -0.490. The highest BCUT2D eigenvalue weighted by atomic mass is 19.1. The summed E-state index contributed by atoms with van der Waals surface area (Å²) in [5.74, 6) is -0.271. The van der Waals surface area contributed by atoms with Gasteiger partial charge in [0.25, 0.3) is 0 Å². The standard InChI is InChI=1S/C12H15FO/c1-2-3-4-5-12(14)10-6-8-11(13)9-7-10/h2,6-9,12,14H,1,3-5H2/t12-/m1/s1. The Bertz CT molecular complexity index is 279. The molecule has 1 rings (SSSR count). The molecule has 1 aromatic rings. The number of allylic oxidation sites excluding steroid dienone is 1. The van der Waals surface area contributed by atoms with Crippen molar-refractivity contribution in [1.82, 2.24) is 0 Å². The fourth-order valence-electron chi connectivity index (χ4n) is 1.31. The third-order valence-electron chi connectivity index (χ3n) is 2.14. The fourth-order valence-corrected chi connectivity index (χ4v) is 1.31. The van der Waals surface area contributed by atoms with Gasteiger partial charge in [0.2, 0.25) is 0 Å². The summed E-state index contributed by atoms with van der Waals surface area (Å²) in [7, 11) is 0. The molecule has 0 radical (unpaired) electrons. The lowest BCUT2D eigenvalue weighted by Crippen LogP contribution is -1.96. The largest absolute Gasteiger partial charge is 0.388 e. The normalized spacial score (nSPS) is 12.4. The van der Waals surface area contributed by atoms with Crippen molar-refractivity contribution >= 4 is 0 Å². The summed E-state index contributed by atoms with van der Waals surface area (Å²) in [6, 6.07) is 5.97. The van der Waals surface area contributed by atoms with E-state index in [1.165, 1.54) is 12.1 Å². The van der Waals surface area contributed by atoms with Crippen molar-refractivity contribution in [1.29, 1.82) is 0 Å². The molecule has 1 atom stereocenters. The van der Waals surface area contributed by atoms with E-state index in [-0.39, 0.29) is 5.82 Å². The van der Waals surface area contributed by atoms with Crippen LogP contribution in [0.15, 0.2) is 36.9 Å². The van der Waals surface area contributed by atoms with Gasteiger partial charge in [-0.3, -0.25) is 0 Å². The highest BCUT2D eigenvalue weighted by molar-refractivity contribution is 5.18. The van der Waals surface area contributed by atoms with E-state index in [4.69, 9.17) is 0 Å². The molecule has 0 unspecified atom stereocenters. The molecule has 0 saturated carbocycles. The minimum absolute atomic E-state index is 0.271. The number of unbranched alkanes of at least 4 members (excludes halogenated alkanes) is 1. The van der Waals surface area contributed by atoms with Crippen LogP contribution >= 0.6 is 0 Å². The molecule has 1 N–H and O–H groups in total. The summed E-state index contributed by atoms with van der Waals surface area (Å²) >= 11 is 0. The summed E-state index contributed by atoms with van der Waals surface area (Å²) in [4.78, 5) is 0. The van der Waals surface area contributed by atoms with E-state index in [2.05, 4.69) is 6.58 Å². The van der Waals surface area contributed by atoms with Gasteiger partial charge in [-0.2, -0.15) is 0 Å². The Labute approximate surface area is 83.9 Å². The first-order chi connectivity index (χ1) is 6.74. The molecule has 0 aliphatic rings. The number of rotatable bonds is 5. The number of hydrogen-bond donors (Lipinski definition) is 1. The second-order valence-electron chi connectivity index (χ2n) is 3.29. The fraction of sp³-hybridized carbons (Fsp3) is 0.333. The zero-order valence-electron chi connectivity index (χ0n) is 8.12. The molecule has 14 heavy (non-hydrogen) atoms. The molecule has 0 saturated heterocycles. The second kappa shape index (κ2) is 5.55. The number of hydrogen-bond acceptors (Lipinski definition) is 1. The molecule has 76 valence electrons. The second-order valence-corrected chi connectivity index (χ2v) is 3.29. The van der Waals surface area contributed by atoms with Crippen LogP contribution in [0.3, 0.4) is 0 Å². The molecule has 0 amide bonds. The van der Waals surface area contributed by atoms with Gasteiger partial charge in [-0.05, 0) is 37.0 Å². The zero-order chi connectivity index (χ0) is 10.4. The number of aliphatic hydroxyl groups is 1. The van der Waals surface area contributed by atoms with Crippen LogP contribution in [0, 0.1) is 5.82 Å². The van der Waals surface area contributed by atoms with Crippen molar-refractivity contribution in [2.24, 2.45) is 0 Å². The summed E-state index contributed by atoms with van der Waals surface area (Å²) in [5.41, 5.74) is 0.774. The lowest BCUT2D eigenvalue weighted by Gasteiger charge is -2.09. The third-order valence-corrected chi connectivity index (χ3v) is 2.14. The zero-order valence-corrected chi connectivity index (χ0v) is 8.12. The predicted octanol–water partition coefficient (Wildman–Crippen LogP) is 3.22. The van der Waals surface area contributed by atoms with E-state index in [1.54, 1.807) is 12.1 Å². The first-order valence-electron chi connectivity index (χ1n) is 4.78. The average Bonchev–Trinajstić information content (AvgIpc) is 2.19. The monoisotopic (exact) mass is 194 g/mol. The van der Waals surface area contributed by atoms with Gasteiger partial charge in [-0.25, -0.2) is 4.39 Å². The van der Waals surface area contributed by atoms with Gasteiger partial charge < -0.3 is 5.11 Å². The van der Waals surface area contributed by atoms with E-state index >= 15 is 0 Å². The topological polar surface area (TPSA) is 20.2 Å².